The number of aromatic nitrogens is 3. The number of para-hydroxylation sites is 1. The van der Waals surface area contributed by atoms with Crippen LogP contribution in [0.5, 0.6) is 5.75 Å². The van der Waals surface area contributed by atoms with Gasteiger partial charge in [-0.05, 0) is 23.8 Å². The minimum Gasteiger partial charge on any atom is -0.487 e. The first kappa shape index (κ1) is 16.7. The minimum atomic E-state index is -0.183. The van der Waals surface area contributed by atoms with Crippen molar-refractivity contribution < 1.29 is 4.74 Å². The van der Waals surface area contributed by atoms with Crippen LogP contribution in [0.15, 0.2) is 52.1 Å². The van der Waals surface area contributed by atoms with Crippen molar-refractivity contribution in [1.82, 2.24) is 14.6 Å². The normalized spacial score (nSPS) is 10.9. The van der Waals surface area contributed by atoms with Crippen LogP contribution in [-0.2, 0) is 13.0 Å². The summed E-state index contributed by atoms with van der Waals surface area (Å²) in [6.07, 6.45) is 2.57. The smallest absolute Gasteiger partial charge is 0.275 e. The molecule has 0 saturated carbocycles. The molecule has 0 fully saturated rings. The van der Waals surface area contributed by atoms with E-state index in [1.165, 1.54) is 21.9 Å². The Kier molecular flexibility index (Phi) is 5.32. The lowest BCUT2D eigenvalue weighted by Gasteiger charge is -2.09. The molecular weight excluding hydrogens is 342 g/mol. The summed E-state index contributed by atoms with van der Waals surface area (Å²) in [4.78, 5) is 17.3. The van der Waals surface area contributed by atoms with Gasteiger partial charge >= 0.3 is 0 Å². The molecule has 0 bridgehead atoms. The zero-order chi connectivity index (χ0) is 16.9. The first-order chi connectivity index (χ1) is 11.7. The number of rotatable bonds is 7. The highest BCUT2D eigenvalue weighted by Crippen LogP contribution is 2.23. The van der Waals surface area contributed by atoms with Gasteiger partial charge in [-0.15, -0.1) is 11.7 Å². The predicted octanol–water partition coefficient (Wildman–Crippen LogP) is 3.57. The second-order valence-corrected chi connectivity index (χ2v) is 7.44. The molecule has 0 amide bonds. The molecule has 0 aliphatic rings. The maximum Gasteiger partial charge on any atom is 0.275 e. The van der Waals surface area contributed by atoms with Gasteiger partial charge in [0, 0.05) is 6.07 Å². The summed E-state index contributed by atoms with van der Waals surface area (Å²) in [5.74, 6) is 1.69. The summed E-state index contributed by atoms with van der Waals surface area (Å²) in [6, 6.07) is 9.27. The van der Waals surface area contributed by atoms with Crippen molar-refractivity contribution in [1.29, 1.82) is 0 Å². The molecule has 0 spiro atoms. The minimum absolute atomic E-state index is 0.183. The SMILES string of the molecule is C=CCc1ccccc1OCc1cc(=O)n2nc(SCC)sc2n1. The molecule has 0 N–H and O–H groups in total. The largest absolute Gasteiger partial charge is 0.487 e. The Balaban J connectivity index is 1.83. The predicted molar refractivity (Wildman–Crippen MR) is 98.2 cm³/mol. The van der Waals surface area contributed by atoms with E-state index in [1.807, 2.05) is 37.3 Å². The molecule has 0 aliphatic heterocycles. The van der Waals surface area contributed by atoms with E-state index in [1.54, 1.807) is 11.8 Å². The van der Waals surface area contributed by atoms with Gasteiger partial charge in [-0.2, -0.15) is 4.52 Å². The van der Waals surface area contributed by atoms with Gasteiger partial charge < -0.3 is 4.74 Å². The average molecular weight is 359 g/mol. The molecule has 1 aromatic carbocycles. The number of ether oxygens (including phenoxy) is 1. The van der Waals surface area contributed by atoms with Crippen LogP contribution >= 0.6 is 23.1 Å². The Morgan fingerprint density at radius 3 is 3.04 bits per heavy atom. The molecule has 124 valence electrons. The third-order valence-corrected chi connectivity index (χ3v) is 5.18. The third kappa shape index (κ3) is 3.68. The van der Waals surface area contributed by atoms with Crippen LogP contribution in [0.4, 0.5) is 0 Å². The second-order valence-electron chi connectivity index (χ2n) is 4.97. The summed E-state index contributed by atoms with van der Waals surface area (Å²) in [7, 11) is 0. The quantitative estimate of drug-likeness (QED) is 0.477. The van der Waals surface area contributed by atoms with Crippen LogP contribution in [0.3, 0.4) is 0 Å². The van der Waals surface area contributed by atoms with Crippen molar-refractivity contribution in [2.45, 2.75) is 24.3 Å². The van der Waals surface area contributed by atoms with Crippen LogP contribution in [0.25, 0.3) is 4.96 Å². The van der Waals surface area contributed by atoms with Crippen LogP contribution < -0.4 is 10.3 Å². The molecule has 0 unspecified atom stereocenters. The molecular formula is C17H17N3O2S2. The van der Waals surface area contributed by atoms with Gasteiger partial charge in [0.25, 0.3) is 5.56 Å². The third-order valence-electron chi connectivity index (χ3n) is 3.26. The first-order valence-corrected chi connectivity index (χ1v) is 9.35. The van der Waals surface area contributed by atoms with Crippen LogP contribution in [0.1, 0.15) is 18.2 Å². The van der Waals surface area contributed by atoms with Gasteiger partial charge in [0.15, 0.2) is 4.34 Å². The second kappa shape index (κ2) is 7.63. The summed E-state index contributed by atoms with van der Waals surface area (Å²) >= 11 is 3.02. The number of hydrogen-bond acceptors (Lipinski definition) is 6. The molecule has 24 heavy (non-hydrogen) atoms. The average Bonchev–Trinajstić information content (AvgIpc) is 2.98. The molecule has 0 radical (unpaired) electrons. The fourth-order valence-electron chi connectivity index (χ4n) is 2.21. The number of allylic oxidation sites excluding steroid dienone is 1. The van der Waals surface area contributed by atoms with E-state index < -0.39 is 0 Å². The van der Waals surface area contributed by atoms with E-state index in [0.717, 1.165) is 27.8 Å². The monoisotopic (exact) mass is 359 g/mol. The first-order valence-electron chi connectivity index (χ1n) is 7.55. The number of hydrogen-bond donors (Lipinski definition) is 0. The molecule has 0 atom stereocenters. The van der Waals surface area contributed by atoms with Crippen molar-refractivity contribution in [3.8, 4) is 5.75 Å². The maximum absolute atomic E-state index is 12.2. The van der Waals surface area contributed by atoms with E-state index in [4.69, 9.17) is 4.74 Å². The van der Waals surface area contributed by atoms with Crippen molar-refractivity contribution in [2.75, 3.05) is 5.75 Å². The number of fused-ring (bicyclic) bond motifs is 1. The van der Waals surface area contributed by atoms with Crippen molar-refractivity contribution in [2.24, 2.45) is 0 Å². The van der Waals surface area contributed by atoms with Crippen LogP contribution in [0.2, 0.25) is 0 Å². The number of thioether (sulfide) groups is 1. The van der Waals surface area contributed by atoms with Gasteiger partial charge in [-0.1, -0.05) is 54.3 Å². The highest BCUT2D eigenvalue weighted by atomic mass is 32.2. The van der Waals surface area contributed by atoms with Gasteiger partial charge in [0.1, 0.15) is 12.4 Å². The highest BCUT2D eigenvalue weighted by molar-refractivity contribution is 8.01. The Morgan fingerprint density at radius 2 is 2.25 bits per heavy atom. The summed E-state index contributed by atoms with van der Waals surface area (Å²) in [5.41, 5.74) is 1.48. The lowest BCUT2D eigenvalue weighted by atomic mass is 10.1. The van der Waals surface area contributed by atoms with Crippen molar-refractivity contribution >= 4 is 28.1 Å². The van der Waals surface area contributed by atoms with E-state index in [9.17, 15) is 4.79 Å². The molecule has 2 heterocycles. The molecule has 5 nitrogen and oxygen atoms in total. The van der Waals surface area contributed by atoms with Gasteiger partial charge in [0.2, 0.25) is 4.96 Å². The summed E-state index contributed by atoms with van der Waals surface area (Å²) < 4.78 is 8.04. The Morgan fingerprint density at radius 1 is 1.42 bits per heavy atom. The van der Waals surface area contributed by atoms with Gasteiger partial charge in [-0.3, -0.25) is 4.79 Å². The van der Waals surface area contributed by atoms with E-state index in [-0.39, 0.29) is 12.2 Å². The molecule has 3 rings (SSSR count). The Labute approximate surface area is 148 Å². The summed E-state index contributed by atoms with van der Waals surface area (Å²) in [5, 5.41) is 4.27. The highest BCUT2D eigenvalue weighted by Gasteiger charge is 2.10. The summed E-state index contributed by atoms with van der Waals surface area (Å²) in [6.45, 7) is 6.05. The van der Waals surface area contributed by atoms with Gasteiger partial charge in [0.05, 0.1) is 5.69 Å². The lowest BCUT2D eigenvalue weighted by molar-refractivity contribution is 0.298. The zero-order valence-electron chi connectivity index (χ0n) is 13.3. The van der Waals surface area contributed by atoms with Crippen molar-refractivity contribution in [3.05, 3.63) is 64.6 Å². The fourth-order valence-corrected chi connectivity index (χ4v) is 4.07. The maximum atomic E-state index is 12.2. The van der Waals surface area contributed by atoms with E-state index in [2.05, 4.69) is 16.7 Å². The molecule has 3 aromatic rings. The fraction of sp³-hybridized carbons (Fsp3) is 0.235. The molecule has 0 aliphatic carbocycles. The molecule has 0 saturated heterocycles. The molecule has 7 heteroatoms. The van der Waals surface area contributed by atoms with E-state index in [0.29, 0.717) is 10.7 Å². The van der Waals surface area contributed by atoms with Gasteiger partial charge in [-0.25, -0.2) is 4.98 Å². The number of nitrogens with zero attached hydrogens (tertiary/aromatic N) is 3. The lowest BCUT2D eigenvalue weighted by Crippen LogP contribution is -2.16. The standard InChI is InChI=1S/C17H17N3O2S2/c1-3-7-12-8-5-6-9-14(12)22-11-13-10-15(21)20-16(18-13)24-17(19-20)23-4-2/h3,5-6,8-10H,1,4,7,11H2,2H3. The Bertz CT molecular complexity index is 918. The number of benzene rings is 1. The van der Waals surface area contributed by atoms with Crippen LogP contribution in [0, 0.1) is 0 Å². The Hall–Kier alpha value is -2.12. The van der Waals surface area contributed by atoms with Crippen molar-refractivity contribution in [3.63, 3.8) is 0 Å². The molecule has 2 aromatic heterocycles. The topological polar surface area (TPSA) is 56.5 Å². The van der Waals surface area contributed by atoms with E-state index >= 15 is 0 Å². The zero-order valence-corrected chi connectivity index (χ0v) is 14.9. The van der Waals surface area contributed by atoms with Crippen LogP contribution in [-0.4, -0.2) is 20.4 Å².